The highest BCUT2D eigenvalue weighted by Crippen LogP contribution is 2.21. The van der Waals surface area contributed by atoms with Crippen LogP contribution in [0.2, 0.25) is 6.04 Å². The maximum Gasteiger partial charge on any atom is 0.500 e. The van der Waals surface area contributed by atoms with E-state index in [1.54, 1.807) is 6.92 Å². The standard InChI is InChI=1S/C15H20F5NO4Si/c1-4-25-26(23-2,24-3)8-6-5-7-21(20)15(22)10-9-11(16)13(18)14(19)12(10)17/h9H,4-8H2,1-3H3. The molecular formula is C15H20F5NO4Si. The fourth-order valence-corrected chi connectivity index (χ4v) is 4.33. The third kappa shape index (κ3) is 5.22. The van der Waals surface area contributed by atoms with E-state index in [1.165, 1.54) is 14.2 Å². The largest absolute Gasteiger partial charge is 0.500 e. The Morgan fingerprint density at radius 3 is 2.23 bits per heavy atom. The van der Waals surface area contributed by atoms with Gasteiger partial charge in [0.1, 0.15) is 0 Å². The number of carbonyl (C=O) groups is 1. The monoisotopic (exact) mass is 401 g/mol. The molecule has 0 fully saturated rings. The van der Waals surface area contributed by atoms with Crippen LogP contribution in [0.3, 0.4) is 0 Å². The van der Waals surface area contributed by atoms with Gasteiger partial charge in [0, 0.05) is 26.9 Å². The summed E-state index contributed by atoms with van der Waals surface area (Å²) >= 11 is 0. The van der Waals surface area contributed by atoms with Gasteiger partial charge in [0.2, 0.25) is 0 Å². The van der Waals surface area contributed by atoms with Crippen molar-refractivity contribution in [2.45, 2.75) is 25.8 Å². The van der Waals surface area contributed by atoms with Gasteiger partial charge in [-0.3, -0.25) is 4.79 Å². The first kappa shape index (κ1) is 22.5. The lowest BCUT2D eigenvalue weighted by molar-refractivity contribution is 0.0180. The van der Waals surface area contributed by atoms with E-state index in [0.717, 1.165) is 0 Å². The summed E-state index contributed by atoms with van der Waals surface area (Å²) in [6.07, 6.45) is 0.487. The Bertz CT molecular complexity index is 631. The summed E-state index contributed by atoms with van der Waals surface area (Å²) in [6.45, 7) is 1.66. The number of carbonyl (C=O) groups excluding carboxylic acids is 1. The number of amides is 1. The molecule has 1 amide bonds. The molecular weight excluding hydrogens is 381 g/mol. The summed E-state index contributed by atoms with van der Waals surface area (Å²) in [5, 5.41) is -0.390. The van der Waals surface area contributed by atoms with E-state index >= 15 is 0 Å². The van der Waals surface area contributed by atoms with Crippen molar-refractivity contribution in [2.24, 2.45) is 0 Å². The van der Waals surface area contributed by atoms with E-state index in [0.29, 0.717) is 19.1 Å². The Hall–Kier alpha value is -1.56. The number of hydrogen-bond donors (Lipinski definition) is 0. The van der Waals surface area contributed by atoms with Crippen LogP contribution in [0.5, 0.6) is 0 Å². The second-order valence-electron chi connectivity index (χ2n) is 5.22. The molecule has 0 N–H and O–H groups in total. The smallest absolute Gasteiger partial charge is 0.377 e. The van der Waals surface area contributed by atoms with Crippen LogP contribution in [-0.2, 0) is 13.3 Å². The molecule has 1 aromatic rings. The van der Waals surface area contributed by atoms with Crippen LogP contribution in [0.15, 0.2) is 6.07 Å². The highest BCUT2D eigenvalue weighted by Gasteiger charge is 2.37. The Kier molecular flexibility index (Phi) is 8.60. The molecule has 0 bridgehead atoms. The van der Waals surface area contributed by atoms with Crippen molar-refractivity contribution in [1.82, 2.24) is 5.12 Å². The lowest BCUT2D eigenvalue weighted by atomic mass is 10.1. The zero-order chi connectivity index (χ0) is 19.9. The minimum atomic E-state index is -2.86. The van der Waals surface area contributed by atoms with Gasteiger partial charge in [-0.25, -0.2) is 17.6 Å². The fraction of sp³-hybridized carbons (Fsp3) is 0.533. The third-order valence-corrected chi connectivity index (χ3v) is 6.57. The summed E-state index contributed by atoms with van der Waals surface area (Å²) in [7, 11) is -0.00877. The van der Waals surface area contributed by atoms with Crippen molar-refractivity contribution in [2.75, 3.05) is 27.4 Å². The predicted octanol–water partition coefficient (Wildman–Crippen LogP) is 3.62. The molecule has 0 aliphatic heterocycles. The minimum absolute atomic E-state index is 0.117. The number of halogens is 5. The fourth-order valence-electron chi connectivity index (χ4n) is 2.25. The van der Waals surface area contributed by atoms with Crippen LogP contribution < -0.4 is 0 Å². The summed E-state index contributed by atoms with van der Waals surface area (Å²) in [6, 6.07) is 0.468. The van der Waals surface area contributed by atoms with Crippen LogP contribution >= 0.6 is 0 Å². The number of benzene rings is 1. The molecule has 148 valence electrons. The SMILES string of the molecule is CCO[Si](CCCCN(F)C(=O)c1cc(F)c(F)c(F)c1F)(OC)OC. The van der Waals surface area contributed by atoms with Gasteiger partial charge in [0.25, 0.3) is 5.91 Å². The van der Waals surface area contributed by atoms with Gasteiger partial charge in [-0.2, -0.15) is 5.12 Å². The molecule has 5 nitrogen and oxygen atoms in total. The molecule has 0 unspecified atom stereocenters. The van der Waals surface area contributed by atoms with Crippen LogP contribution in [0.25, 0.3) is 0 Å². The molecule has 0 aromatic heterocycles. The van der Waals surface area contributed by atoms with Crippen molar-refractivity contribution < 1.29 is 40.1 Å². The quantitative estimate of drug-likeness (QED) is 0.150. The summed E-state index contributed by atoms with van der Waals surface area (Å²) in [5.74, 6) is -9.58. The predicted molar refractivity (Wildman–Crippen MR) is 83.9 cm³/mol. The number of hydrogen-bond acceptors (Lipinski definition) is 4. The molecule has 0 aliphatic rings. The number of rotatable bonds is 10. The Morgan fingerprint density at radius 1 is 1.08 bits per heavy atom. The molecule has 11 heteroatoms. The van der Waals surface area contributed by atoms with Crippen molar-refractivity contribution >= 4 is 14.7 Å². The highest BCUT2D eigenvalue weighted by molar-refractivity contribution is 6.60. The molecule has 1 rings (SSSR count). The van der Waals surface area contributed by atoms with Crippen LogP contribution in [0.4, 0.5) is 22.0 Å². The van der Waals surface area contributed by atoms with Crippen LogP contribution in [0, 0.1) is 23.3 Å². The van der Waals surface area contributed by atoms with Crippen molar-refractivity contribution in [3.8, 4) is 0 Å². The molecule has 0 heterocycles. The normalized spacial score (nSPS) is 11.7. The Morgan fingerprint density at radius 2 is 1.69 bits per heavy atom. The summed E-state index contributed by atoms with van der Waals surface area (Å²) in [4.78, 5) is 11.8. The first-order valence-electron chi connectivity index (χ1n) is 7.77. The molecule has 0 radical (unpaired) electrons. The Labute approximate surface area is 148 Å². The van der Waals surface area contributed by atoms with Gasteiger partial charge >= 0.3 is 8.80 Å². The maximum absolute atomic E-state index is 13.9. The number of nitrogens with zero attached hydrogens (tertiary/aromatic N) is 1. The molecule has 0 aliphatic carbocycles. The van der Waals surface area contributed by atoms with E-state index in [2.05, 4.69) is 0 Å². The number of unbranched alkanes of at least 4 members (excludes halogenated alkanes) is 1. The molecule has 0 saturated carbocycles. The average molecular weight is 401 g/mol. The van der Waals surface area contributed by atoms with Crippen molar-refractivity contribution in [3.63, 3.8) is 0 Å². The lowest BCUT2D eigenvalue weighted by Gasteiger charge is -2.25. The van der Waals surface area contributed by atoms with Gasteiger partial charge in [0.05, 0.1) is 12.1 Å². The van der Waals surface area contributed by atoms with E-state index in [-0.39, 0.29) is 12.5 Å². The van der Waals surface area contributed by atoms with Crippen molar-refractivity contribution in [3.05, 3.63) is 34.9 Å². The lowest BCUT2D eigenvalue weighted by Crippen LogP contribution is -2.43. The molecule has 0 atom stereocenters. The minimum Gasteiger partial charge on any atom is -0.377 e. The van der Waals surface area contributed by atoms with Gasteiger partial charge in [-0.1, -0.05) is 4.48 Å². The van der Waals surface area contributed by atoms with E-state index in [9.17, 15) is 26.8 Å². The van der Waals surface area contributed by atoms with E-state index < -0.39 is 55.2 Å². The van der Waals surface area contributed by atoms with Crippen molar-refractivity contribution in [1.29, 1.82) is 0 Å². The Balaban J connectivity index is 2.66. The summed E-state index contributed by atoms with van der Waals surface area (Å²) < 4.78 is 82.5. The zero-order valence-corrected chi connectivity index (χ0v) is 15.6. The van der Waals surface area contributed by atoms with Gasteiger partial charge in [0.15, 0.2) is 23.3 Å². The van der Waals surface area contributed by atoms with Gasteiger partial charge in [-0.15, -0.1) is 0 Å². The topological polar surface area (TPSA) is 48.0 Å². The van der Waals surface area contributed by atoms with E-state index in [4.69, 9.17) is 13.3 Å². The average Bonchev–Trinajstić information content (AvgIpc) is 2.64. The second-order valence-corrected chi connectivity index (χ2v) is 8.19. The maximum atomic E-state index is 13.9. The third-order valence-electron chi connectivity index (χ3n) is 3.63. The first-order chi connectivity index (χ1) is 12.2. The molecule has 1 aromatic carbocycles. The molecule has 0 spiro atoms. The van der Waals surface area contributed by atoms with Crippen LogP contribution in [0.1, 0.15) is 30.1 Å². The molecule has 26 heavy (non-hydrogen) atoms. The summed E-state index contributed by atoms with van der Waals surface area (Å²) in [5.41, 5.74) is -1.23. The zero-order valence-electron chi connectivity index (χ0n) is 14.6. The van der Waals surface area contributed by atoms with E-state index in [1.807, 2.05) is 0 Å². The van der Waals surface area contributed by atoms with Gasteiger partial charge < -0.3 is 13.3 Å². The van der Waals surface area contributed by atoms with Gasteiger partial charge in [-0.05, 0) is 25.8 Å². The first-order valence-corrected chi connectivity index (χ1v) is 9.71. The second kappa shape index (κ2) is 9.95. The molecule has 0 saturated heterocycles. The highest BCUT2D eigenvalue weighted by atomic mass is 28.4. The van der Waals surface area contributed by atoms with Crippen LogP contribution in [-0.4, -0.2) is 47.2 Å².